The van der Waals surface area contributed by atoms with E-state index >= 15 is 0 Å². The molecule has 5 aromatic rings. The monoisotopic (exact) mass is 417 g/mol. The minimum Gasteiger partial charge on any atom is -0.309 e. The van der Waals surface area contributed by atoms with E-state index in [1.165, 1.54) is 0 Å². The van der Waals surface area contributed by atoms with Gasteiger partial charge in [0.15, 0.2) is 11.5 Å². The van der Waals surface area contributed by atoms with Gasteiger partial charge in [0.05, 0.1) is 18.1 Å². The number of halogens is 1. The molecule has 4 heterocycles. The number of fused-ring (bicyclic) bond motifs is 1. The highest BCUT2D eigenvalue weighted by atomic mass is 35.5. The Hall–Kier alpha value is -3.85. The van der Waals surface area contributed by atoms with E-state index in [1.807, 2.05) is 49.5 Å². The molecule has 0 bridgehead atoms. The smallest absolute Gasteiger partial charge is 0.228 e. The van der Waals surface area contributed by atoms with E-state index in [2.05, 4.69) is 35.7 Å². The average Bonchev–Trinajstić information content (AvgIpc) is 3.35. The Morgan fingerprint density at radius 3 is 2.67 bits per heavy atom. The van der Waals surface area contributed by atoms with Crippen LogP contribution in [0.2, 0.25) is 5.02 Å². The molecule has 9 nitrogen and oxygen atoms in total. The molecule has 148 valence electrons. The summed E-state index contributed by atoms with van der Waals surface area (Å²) in [6.07, 6.45) is 5.76. The van der Waals surface area contributed by atoms with Crippen molar-refractivity contribution in [3.63, 3.8) is 0 Å². The SMILES string of the molecule is Cn1nccc1Nc1nccc(-c2cnn3c(Cc4ccc(Cl)cc4)nnc3c2)n1. The van der Waals surface area contributed by atoms with Gasteiger partial charge in [-0.3, -0.25) is 4.68 Å². The lowest BCUT2D eigenvalue weighted by Gasteiger charge is -2.07. The normalized spacial score (nSPS) is 11.1. The fourth-order valence-corrected chi connectivity index (χ4v) is 3.19. The maximum absolute atomic E-state index is 5.96. The molecule has 0 radical (unpaired) electrons. The number of benzene rings is 1. The molecule has 0 saturated heterocycles. The second kappa shape index (κ2) is 7.53. The number of hydrogen-bond donors (Lipinski definition) is 1. The number of nitrogens with zero attached hydrogens (tertiary/aromatic N) is 8. The summed E-state index contributed by atoms with van der Waals surface area (Å²) in [7, 11) is 1.84. The number of aryl methyl sites for hydroxylation is 1. The lowest BCUT2D eigenvalue weighted by atomic mass is 10.1. The van der Waals surface area contributed by atoms with Gasteiger partial charge in [0, 0.05) is 36.3 Å². The number of nitrogens with one attached hydrogen (secondary N) is 1. The molecule has 1 aromatic carbocycles. The van der Waals surface area contributed by atoms with Crippen molar-refractivity contribution < 1.29 is 0 Å². The van der Waals surface area contributed by atoms with E-state index < -0.39 is 0 Å². The molecule has 0 spiro atoms. The summed E-state index contributed by atoms with van der Waals surface area (Å²) >= 11 is 5.96. The first-order chi connectivity index (χ1) is 14.7. The van der Waals surface area contributed by atoms with Gasteiger partial charge >= 0.3 is 0 Å². The van der Waals surface area contributed by atoms with Gasteiger partial charge in [-0.1, -0.05) is 23.7 Å². The predicted molar refractivity (Wildman–Crippen MR) is 113 cm³/mol. The quantitative estimate of drug-likeness (QED) is 0.468. The molecular weight excluding hydrogens is 402 g/mol. The van der Waals surface area contributed by atoms with E-state index in [0.29, 0.717) is 23.0 Å². The first-order valence-electron chi connectivity index (χ1n) is 9.19. The highest BCUT2D eigenvalue weighted by Crippen LogP contribution is 2.20. The minimum atomic E-state index is 0.473. The van der Waals surface area contributed by atoms with Crippen molar-refractivity contribution in [1.82, 2.24) is 39.6 Å². The lowest BCUT2D eigenvalue weighted by Crippen LogP contribution is -2.03. The van der Waals surface area contributed by atoms with E-state index in [-0.39, 0.29) is 0 Å². The molecule has 0 fully saturated rings. The topological polar surface area (TPSA) is 98.7 Å². The van der Waals surface area contributed by atoms with Crippen LogP contribution in [0.4, 0.5) is 11.8 Å². The fraction of sp³-hybridized carbons (Fsp3) is 0.100. The zero-order chi connectivity index (χ0) is 20.5. The van der Waals surface area contributed by atoms with Crippen LogP contribution in [0.5, 0.6) is 0 Å². The third-order valence-electron chi connectivity index (χ3n) is 4.61. The summed E-state index contributed by atoms with van der Waals surface area (Å²) in [6, 6.07) is 13.2. The zero-order valence-electron chi connectivity index (χ0n) is 15.9. The summed E-state index contributed by atoms with van der Waals surface area (Å²) in [4.78, 5) is 8.85. The first kappa shape index (κ1) is 18.2. The first-order valence-corrected chi connectivity index (χ1v) is 9.57. The van der Waals surface area contributed by atoms with Crippen molar-refractivity contribution in [2.45, 2.75) is 6.42 Å². The van der Waals surface area contributed by atoms with Crippen molar-refractivity contribution >= 4 is 29.0 Å². The number of aromatic nitrogens is 8. The standard InChI is InChI=1S/C20H16ClN9/c1-29-17(7-9-23-29)26-20-22-8-6-16(25-20)14-11-19-28-27-18(30(19)24-12-14)10-13-2-4-15(21)5-3-13/h2-9,11-12H,10H2,1H3,(H,22,25,26). The highest BCUT2D eigenvalue weighted by molar-refractivity contribution is 6.30. The van der Waals surface area contributed by atoms with Gasteiger partial charge in [0.1, 0.15) is 5.82 Å². The van der Waals surface area contributed by atoms with E-state index in [4.69, 9.17) is 11.6 Å². The Morgan fingerprint density at radius 2 is 1.87 bits per heavy atom. The van der Waals surface area contributed by atoms with Gasteiger partial charge in [-0.2, -0.15) is 14.7 Å². The molecule has 5 rings (SSSR count). The Labute approximate surface area is 176 Å². The van der Waals surface area contributed by atoms with E-state index in [0.717, 1.165) is 28.5 Å². The van der Waals surface area contributed by atoms with Crippen LogP contribution >= 0.6 is 11.6 Å². The van der Waals surface area contributed by atoms with Gasteiger partial charge < -0.3 is 5.32 Å². The van der Waals surface area contributed by atoms with Gasteiger partial charge in [0.2, 0.25) is 5.95 Å². The summed E-state index contributed by atoms with van der Waals surface area (Å²) in [5.74, 6) is 2.02. The third kappa shape index (κ3) is 3.58. The Morgan fingerprint density at radius 1 is 1.00 bits per heavy atom. The molecule has 0 saturated carbocycles. The van der Waals surface area contributed by atoms with Gasteiger partial charge in [0.25, 0.3) is 0 Å². The molecule has 0 aliphatic heterocycles. The van der Waals surface area contributed by atoms with Crippen LogP contribution in [0.15, 0.2) is 61.1 Å². The number of hydrogen-bond acceptors (Lipinski definition) is 7. The van der Waals surface area contributed by atoms with Crippen molar-refractivity contribution in [2.75, 3.05) is 5.32 Å². The van der Waals surface area contributed by atoms with Crippen LogP contribution in [0.25, 0.3) is 16.9 Å². The molecule has 0 unspecified atom stereocenters. The number of rotatable bonds is 5. The Balaban J connectivity index is 1.42. The summed E-state index contributed by atoms with van der Waals surface area (Å²) in [6.45, 7) is 0. The van der Waals surface area contributed by atoms with Gasteiger partial charge in [-0.15, -0.1) is 10.2 Å². The zero-order valence-corrected chi connectivity index (χ0v) is 16.7. The molecule has 30 heavy (non-hydrogen) atoms. The molecule has 0 aliphatic carbocycles. The fourth-order valence-electron chi connectivity index (χ4n) is 3.06. The van der Waals surface area contributed by atoms with Crippen LogP contribution in [0.1, 0.15) is 11.4 Å². The van der Waals surface area contributed by atoms with Crippen LogP contribution < -0.4 is 5.32 Å². The maximum atomic E-state index is 5.96. The Bertz CT molecular complexity index is 1320. The van der Waals surface area contributed by atoms with E-state index in [1.54, 1.807) is 27.8 Å². The second-order valence-electron chi connectivity index (χ2n) is 6.66. The minimum absolute atomic E-state index is 0.473. The largest absolute Gasteiger partial charge is 0.309 e. The van der Waals surface area contributed by atoms with Crippen molar-refractivity contribution in [3.05, 3.63) is 77.5 Å². The van der Waals surface area contributed by atoms with E-state index in [9.17, 15) is 0 Å². The molecule has 1 N–H and O–H groups in total. The molecule has 0 atom stereocenters. The second-order valence-corrected chi connectivity index (χ2v) is 7.10. The molecule has 0 aliphatic rings. The molecule has 4 aromatic heterocycles. The van der Waals surface area contributed by atoms with Crippen LogP contribution in [0.3, 0.4) is 0 Å². The van der Waals surface area contributed by atoms with Crippen molar-refractivity contribution in [3.8, 4) is 11.3 Å². The molecule has 10 heteroatoms. The predicted octanol–water partition coefficient (Wildman–Crippen LogP) is 3.30. The van der Waals surface area contributed by atoms with Crippen LogP contribution in [-0.4, -0.2) is 39.6 Å². The van der Waals surface area contributed by atoms with Crippen molar-refractivity contribution in [2.24, 2.45) is 7.05 Å². The van der Waals surface area contributed by atoms with Crippen molar-refractivity contribution in [1.29, 1.82) is 0 Å². The lowest BCUT2D eigenvalue weighted by molar-refractivity contribution is 0.775. The summed E-state index contributed by atoms with van der Waals surface area (Å²) in [5, 5.41) is 21.1. The average molecular weight is 418 g/mol. The van der Waals surface area contributed by atoms with Gasteiger partial charge in [-0.05, 0) is 29.8 Å². The summed E-state index contributed by atoms with van der Waals surface area (Å²) in [5.41, 5.74) is 3.28. The van der Waals surface area contributed by atoms with Crippen LogP contribution in [0, 0.1) is 0 Å². The molecule has 0 amide bonds. The Kier molecular flexibility index (Phi) is 4.56. The maximum Gasteiger partial charge on any atom is 0.228 e. The molecular formula is C20H16ClN9. The van der Waals surface area contributed by atoms with Crippen LogP contribution in [-0.2, 0) is 13.5 Å². The number of anilines is 2. The summed E-state index contributed by atoms with van der Waals surface area (Å²) < 4.78 is 3.44. The highest BCUT2D eigenvalue weighted by Gasteiger charge is 2.11. The van der Waals surface area contributed by atoms with Gasteiger partial charge in [-0.25, -0.2) is 9.97 Å². The third-order valence-corrected chi connectivity index (χ3v) is 4.87.